The molecule has 0 spiro atoms. The third kappa shape index (κ3) is 11.0. The molecule has 0 atom stereocenters. The van der Waals surface area contributed by atoms with Gasteiger partial charge in [0, 0.05) is 6.08 Å². The van der Waals surface area contributed by atoms with Crippen molar-refractivity contribution in [2.45, 2.75) is 53.9 Å². The van der Waals surface area contributed by atoms with Gasteiger partial charge in [0.1, 0.15) is 6.61 Å². The smallest absolute Gasteiger partial charge is 0.331 e. The van der Waals surface area contributed by atoms with Gasteiger partial charge >= 0.3 is 5.97 Å². The minimum atomic E-state index is -0.409. The molecule has 0 aromatic heterocycles. The molecule has 1 aromatic carbocycles. The van der Waals surface area contributed by atoms with Gasteiger partial charge in [0.15, 0.2) is 11.5 Å². The summed E-state index contributed by atoms with van der Waals surface area (Å²) >= 11 is 0. The maximum atomic E-state index is 11.9. The average Bonchev–Trinajstić information content (AvgIpc) is 2.69. The lowest BCUT2D eigenvalue weighted by Crippen LogP contribution is -2.00. The molecular weight excluding hydrogens is 364 g/mol. The molecule has 0 aliphatic rings. The van der Waals surface area contributed by atoms with Gasteiger partial charge in [-0.3, -0.25) is 0 Å². The molecule has 0 saturated heterocycles. The quantitative estimate of drug-likeness (QED) is 0.267. The number of phenolic OH excluding ortho intramolecular Hbond substituents is 1. The molecule has 0 amide bonds. The van der Waals surface area contributed by atoms with Crippen LogP contribution in [0.2, 0.25) is 0 Å². The first-order valence-corrected chi connectivity index (χ1v) is 10.1. The first kappa shape index (κ1) is 24.3. The van der Waals surface area contributed by atoms with Crippen LogP contribution < -0.4 is 4.74 Å². The Morgan fingerprint density at radius 1 is 1.03 bits per heavy atom. The summed E-state index contributed by atoms with van der Waals surface area (Å²) in [6, 6.07) is 4.96. The normalized spacial score (nSPS) is 12.2. The van der Waals surface area contributed by atoms with Crippen LogP contribution in [0.5, 0.6) is 11.5 Å². The highest BCUT2D eigenvalue weighted by Crippen LogP contribution is 2.27. The van der Waals surface area contributed by atoms with Crippen molar-refractivity contribution in [3.63, 3.8) is 0 Å². The lowest BCUT2D eigenvalue weighted by Gasteiger charge is -2.07. The van der Waals surface area contributed by atoms with E-state index in [0.29, 0.717) is 12.4 Å². The molecule has 1 N–H and O–H groups in total. The molecule has 0 aliphatic heterocycles. The number of hydrogen-bond acceptors (Lipinski definition) is 4. The molecule has 158 valence electrons. The minimum absolute atomic E-state index is 0.0870. The number of carbonyl (C=O) groups excluding carboxylic acids is 1. The SMILES string of the molecule is CCCOc1cc(C=CC(=O)OCC=C(C)CC=C(C)CC=C(C)C)ccc1O. The number of hydrogen-bond donors (Lipinski definition) is 1. The zero-order chi connectivity index (χ0) is 21.6. The van der Waals surface area contributed by atoms with E-state index in [-0.39, 0.29) is 12.4 Å². The van der Waals surface area contributed by atoms with Crippen LogP contribution in [0.1, 0.15) is 59.4 Å². The number of allylic oxidation sites excluding steroid dienone is 5. The van der Waals surface area contributed by atoms with Crippen molar-refractivity contribution in [3.8, 4) is 11.5 Å². The molecule has 0 unspecified atom stereocenters. The largest absolute Gasteiger partial charge is 0.504 e. The number of carbonyl (C=O) groups is 1. The van der Waals surface area contributed by atoms with Crippen LogP contribution in [-0.4, -0.2) is 24.3 Å². The van der Waals surface area contributed by atoms with Crippen molar-refractivity contribution in [2.24, 2.45) is 0 Å². The van der Waals surface area contributed by atoms with Crippen molar-refractivity contribution in [2.75, 3.05) is 13.2 Å². The molecule has 0 fully saturated rings. The van der Waals surface area contributed by atoms with Gasteiger partial charge in [-0.1, -0.05) is 41.9 Å². The van der Waals surface area contributed by atoms with Crippen LogP contribution in [0.15, 0.2) is 59.2 Å². The highest BCUT2D eigenvalue weighted by molar-refractivity contribution is 5.87. The Kier molecular flexibility index (Phi) is 11.2. The molecule has 0 radical (unpaired) electrons. The predicted octanol–water partition coefficient (Wildman–Crippen LogP) is 6.38. The zero-order valence-electron chi connectivity index (χ0n) is 18.3. The van der Waals surface area contributed by atoms with Gasteiger partial charge in [-0.25, -0.2) is 4.79 Å². The van der Waals surface area contributed by atoms with Gasteiger partial charge in [0.25, 0.3) is 0 Å². The Balaban J connectivity index is 2.49. The molecule has 4 nitrogen and oxygen atoms in total. The summed E-state index contributed by atoms with van der Waals surface area (Å²) in [5.41, 5.74) is 4.57. The third-order valence-corrected chi connectivity index (χ3v) is 4.12. The Morgan fingerprint density at radius 2 is 1.72 bits per heavy atom. The second kappa shape index (κ2) is 13.4. The summed E-state index contributed by atoms with van der Waals surface area (Å²) in [7, 11) is 0. The first-order valence-electron chi connectivity index (χ1n) is 10.1. The van der Waals surface area contributed by atoms with Crippen molar-refractivity contribution in [1.82, 2.24) is 0 Å². The summed E-state index contributed by atoms with van der Waals surface area (Å²) in [4.78, 5) is 11.9. The number of aromatic hydroxyl groups is 1. The highest BCUT2D eigenvalue weighted by atomic mass is 16.5. The van der Waals surface area contributed by atoms with Gasteiger partial charge in [0.05, 0.1) is 6.61 Å². The Labute approximate surface area is 175 Å². The third-order valence-electron chi connectivity index (χ3n) is 4.12. The van der Waals surface area contributed by atoms with Crippen molar-refractivity contribution < 1.29 is 19.4 Å². The molecule has 0 aliphatic carbocycles. The topological polar surface area (TPSA) is 55.8 Å². The minimum Gasteiger partial charge on any atom is -0.504 e. The summed E-state index contributed by atoms with van der Waals surface area (Å²) < 4.78 is 10.7. The second-order valence-electron chi connectivity index (χ2n) is 7.33. The predicted molar refractivity (Wildman–Crippen MR) is 120 cm³/mol. The lowest BCUT2D eigenvalue weighted by molar-refractivity contribution is -0.136. The number of ether oxygens (including phenoxy) is 2. The molecule has 0 bridgehead atoms. The van der Waals surface area contributed by atoms with Crippen LogP contribution in [0.25, 0.3) is 6.08 Å². The highest BCUT2D eigenvalue weighted by Gasteiger charge is 2.03. The van der Waals surface area contributed by atoms with Gasteiger partial charge < -0.3 is 14.6 Å². The fourth-order valence-electron chi connectivity index (χ4n) is 2.31. The van der Waals surface area contributed by atoms with E-state index >= 15 is 0 Å². The maximum absolute atomic E-state index is 11.9. The molecule has 29 heavy (non-hydrogen) atoms. The second-order valence-corrected chi connectivity index (χ2v) is 7.33. The van der Waals surface area contributed by atoms with Crippen molar-refractivity contribution >= 4 is 12.0 Å². The Hall–Kier alpha value is -2.75. The summed E-state index contributed by atoms with van der Waals surface area (Å²) in [6.45, 7) is 11.1. The number of phenols is 1. The van der Waals surface area contributed by atoms with Gasteiger partial charge in [0.2, 0.25) is 0 Å². The van der Waals surface area contributed by atoms with E-state index in [4.69, 9.17) is 9.47 Å². The van der Waals surface area contributed by atoms with Crippen LogP contribution in [0, 0.1) is 0 Å². The molecule has 0 heterocycles. The Morgan fingerprint density at radius 3 is 2.41 bits per heavy atom. The molecular formula is C25H34O4. The zero-order valence-corrected chi connectivity index (χ0v) is 18.3. The number of esters is 1. The summed E-state index contributed by atoms with van der Waals surface area (Å²) in [5, 5.41) is 9.79. The van der Waals surface area contributed by atoms with E-state index < -0.39 is 5.97 Å². The number of rotatable bonds is 11. The van der Waals surface area contributed by atoms with Crippen LogP contribution in [-0.2, 0) is 9.53 Å². The molecule has 1 aromatic rings. The van der Waals surface area contributed by atoms with Crippen LogP contribution in [0.3, 0.4) is 0 Å². The maximum Gasteiger partial charge on any atom is 0.331 e. The lowest BCUT2D eigenvalue weighted by atomic mass is 10.1. The molecule has 0 saturated carbocycles. The Bertz CT molecular complexity index is 778. The van der Waals surface area contributed by atoms with E-state index in [0.717, 1.165) is 30.4 Å². The van der Waals surface area contributed by atoms with Crippen molar-refractivity contribution in [3.05, 3.63) is 64.8 Å². The summed E-state index contributed by atoms with van der Waals surface area (Å²) in [5.74, 6) is 0.0891. The summed E-state index contributed by atoms with van der Waals surface area (Å²) in [6.07, 6.45) is 12.0. The van der Waals surface area contributed by atoms with Gasteiger partial charge in [-0.05, 0) is 76.8 Å². The monoisotopic (exact) mass is 398 g/mol. The number of benzene rings is 1. The standard InChI is InChI=1S/C25H34O4/c1-6-16-28-24-18-22(11-13-23(24)26)12-14-25(27)29-17-15-21(5)10-9-20(4)8-7-19(2)3/h7,9,11-15,18,26H,6,8,10,16-17H2,1-5H3. The van der Waals surface area contributed by atoms with E-state index in [1.54, 1.807) is 24.3 Å². The molecule has 4 heteroatoms. The van der Waals surface area contributed by atoms with E-state index in [2.05, 4.69) is 32.9 Å². The van der Waals surface area contributed by atoms with Gasteiger partial charge in [-0.15, -0.1) is 0 Å². The fraction of sp³-hybridized carbons (Fsp3) is 0.400. The van der Waals surface area contributed by atoms with Gasteiger partial charge in [-0.2, -0.15) is 0 Å². The fourth-order valence-corrected chi connectivity index (χ4v) is 2.31. The average molecular weight is 399 g/mol. The van der Waals surface area contributed by atoms with Crippen LogP contribution >= 0.6 is 0 Å². The van der Waals surface area contributed by atoms with Crippen molar-refractivity contribution in [1.29, 1.82) is 0 Å². The van der Waals surface area contributed by atoms with Crippen LogP contribution in [0.4, 0.5) is 0 Å². The van der Waals surface area contributed by atoms with E-state index in [9.17, 15) is 9.90 Å². The first-order chi connectivity index (χ1) is 13.8. The molecule has 1 rings (SSSR count). The van der Waals surface area contributed by atoms with E-state index in [1.807, 2.05) is 19.9 Å². The van der Waals surface area contributed by atoms with E-state index in [1.165, 1.54) is 17.2 Å².